The van der Waals surface area contributed by atoms with Crippen LogP contribution in [-0.2, 0) is 0 Å². The third kappa shape index (κ3) is 1.89. The van der Waals surface area contributed by atoms with Crippen LogP contribution in [0.4, 0.5) is 11.4 Å². The summed E-state index contributed by atoms with van der Waals surface area (Å²) in [5.41, 5.74) is 2.65. The smallest absolute Gasteiger partial charge is 0.205 e. The van der Waals surface area contributed by atoms with E-state index < -0.39 is 0 Å². The first-order valence-corrected chi connectivity index (χ1v) is 6.10. The fourth-order valence-corrected chi connectivity index (χ4v) is 2.52. The van der Waals surface area contributed by atoms with Crippen molar-refractivity contribution in [3.8, 4) is 0 Å². The van der Waals surface area contributed by atoms with Crippen molar-refractivity contribution in [1.29, 1.82) is 0 Å². The lowest BCUT2D eigenvalue weighted by Gasteiger charge is -2.26. The quantitative estimate of drug-likeness (QED) is 0.704. The molecule has 0 saturated carbocycles. The van der Waals surface area contributed by atoms with Crippen LogP contribution in [0.15, 0.2) is 29.3 Å². The zero-order valence-electron chi connectivity index (χ0n) is 10.1. The second-order valence-electron chi connectivity index (χ2n) is 4.33. The first kappa shape index (κ1) is 12.2. The van der Waals surface area contributed by atoms with E-state index in [1.54, 1.807) is 0 Å². The number of hydrogen-bond acceptors (Lipinski definition) is 3. The van der Waals surface area contributed by atoms with Crippen molar-refractivity contribution in [1.82, 2.24) is 0 Å². The summed E-state index contributed by atoms with van der Waals surface area (Å²) in [6, 6.07) is 8.62. The van der Waals surface area contributed by atoms with Gasteiger partial charge in [-0.25, -0.2) is 0 Å². The van der Waals surface area contributed by atoms with Crippen molar-refractivity contribution < 1.29 is 12.4 Å². The summed E-state index contributed by atoms with van der Waals surface area (Å²) in [6.45, 7) is 5.36. The fraction of sp³-hybridized carbons (Fsp3) is 0.462. The van der Waals surface area contributed by atoms with Gasteiger partial charge >= 0.3 is 0 Å². The van der Waals surface area contributed by atoms with Crippen LogP contribution < -0.4 is 22.2 Å². The number of hydrogen-bond donors (Lipinski definition) is 0. The van der Waals surface area contributed by atoms with Gasteiger partial charge in [0.25, 0.3) is 0 Å². The van der Waals surface area contributed by atoms with Crippen LogP contribution in [0.25, 0.3) is 0 Å². The molecule has 2 aliphatic heterocycles. The van der Waals surface area contributed by atoms with E-state index in [1.807, 2.05) is 0 Å². The summed E-state index contributed by atoms with van der Waals surface area (Å²) < 4.78 is 0. The van der Waals surface area contributed by atoms with E-state index in [0.29, 0.717) is 0 Å². The highest BCUT2D eigenvalue weighted by Crippen LogP contribution is 2.38. The van der Waals surface area contributed by atoms with Crippen molar-refractivity contribution in [2.45, 2.75) is 19.8 Å². The van der Waals surface area contributed by atoms with E-state index in [1.165, 1.54) is 11.4 Å². The average molecular weight is 251 g/mol. The van der Waals surface area contributed by atoms with E-state index in [-0.39, 0.29) is 12.4 Å². The molecule has 2 aliphatic rings. The maximum Gasteiger partial charge on any atom is 0.205 e. The lowest BCUT2D eigenvalue weighted by Crippen LogP contribution is -3.00. The Morgan fingerprint density at radius 2 is 2.00 bits per heavy atom. The van der Waals surface area contributed by atoms with Crippen LogP contribution in [0.5, 0.6) is 0 Å². The number of para-hydroxylation sites is 2. The number of guanidine groups is 1. The van der Waals surface area contributed by atoms with Crippen LogP contribution in [0.2, 0.25) is 0 Å². The van der Waals surface area contributed by atoms with Gasteiger partial charge in [-0.2, -0.15) is 0 Å². The van der Waals surface area contributed by atoms with Crippen molar-refractivity contribution in [2.75, 3.05) is 29.4 Å². The predicted octanol–water partition coefficient (Wildman–Crippen LogP) is -0.513. The molecular weight excluding hydrogens is 234 g/mol. The van der Waals surface area contributed by atoms with Gasteiger partial charge in [-0.1, -0.05) is 19.1 Å². The fourth-order valence-electron chi connectivity index (χ4n) is 2.52. The van der Waals surface area contributed by atoms with Crippen molar-refractivity contribution in [3.05, 3.63) is 24.3 Å². The number of benzene rings is 1. The minimum Gasteiger partial charge on any atom is -1.00 e. The highest BCUT2D eigenvalue weighted by atomic mass is 35.5. The van der Waals surface area contributed by atoms with Crippen molar-refractivity contribution in [3.63, 3.8) is 0 Å². The Kier molecular flexibility index (Phi) is 3.57. The van der Waals surface area contributed by atoms with Crippen LogP contribution in [-0.4, -0.2) is 25.6 Å². The summed E-state index contributed by atoms with van der Waals surface area (Å²) in [5, 5.41) is 0. The molecule has 3 rings (SSSR count). The minimum atomic E-state index is 0. The number of fused-ring (bicyclic) bond motifs is 3. The van der Waals surface area contributed by atoms with Crippen LogP contribution >= 0.6 is 0 Å². The molecule has 1 aromatic rings. The molecule has 0 saturated heterocycles. The van der Waals surface area contributed by atoms with Gasteiger partial charge in [0, 0.05) is 19.6 Å². The molecule has 0 fully saturated rings. The molecule has 0 atom stereocenters. The normalized spacial score (nSPS) is 17.1. The largest absolute Gasteiger partial charge is 1.00 e. The molecule has 0 spiro atoms. The molecule has 0 aromatic heterocycles. The average Bonchev–Trinajstić information content (AvgIpc) is 2.66. The summed E-state index contributed by atoms with van der Waals surface area (Å²) in [7, 11) is 0. The molecule has 0 amide bonds. The molecule has 3 nitrogen and oxygen atoms in total. The SMILES string of the molecule is CCCN1C2=NCCCN2c2ccccc21.[Cl-]. The lowest BCUT2D eigenvalue weighted by atomic mass is 10.2. The molecule has 0 N–H and O–H groups in total. The molecule has 1 aromatic carbocycles. The third-order valence-electron chi connectivity index (χ3n) is 3.19. The topological polar surface area (TPSA) is 18.8 Å². The minimum absolute atomic E-state index is 0. The number of rotatable bonds is 2. The number of halogens is 1. The number of nitrogens with zero attached hydrogens (tertiary/aromatic N) is 3. The monoisotopic (exact) mass is 250 g/mol. The van der Waals surface area contributed by atoms with Gasteiger partial charge in [0.15, 0.2) is 0 Å². The highest BCUT2D eigenvalue weighted by molar-refractivity contribution is 6.16. The second-order valence-corrected chi connectivity index (χ2v) is 4.33. The van der Waals surface area contributed by atoms with Gasteiger partial charge in [-0.15, -0.1) is 0 Å². The standard InChI is InChI=1S/C13H17N3.ClH/c1-2-9-15-11-6-3-4-7-12(11)16-10-5-8-14-13(15)16;/h3-4,6-7H,2,5,8-10H2,1H3;1H/p-1. The second kappa shape index (κ2) is 4.96. The maximum atomic E-state index is 4.67. The van der Waals surface area contributed by atoms with Crippen LogP contribution in [0.1, 0.15) is 19.8 Å². The summed E-state index contributed by atoms with van der Waals surface area (Å²) >= 11 is 0. The third-order valence-corrected chi connectivity index (χ3v) is 3.19. The Morgan fingerprint density at radius 3 is 2.76 bits per heavy atom. The summed E-state index contributed by atoms with van der Waals surface area (Å²) in [4.78, 5) is 9.39. The zero-order chi connectivity index (χ0) is 11.0. The van der Waals surface area contributed by atoms with E-state index in [9.17, 15) is 0 Å². The molecule has 0 unspecified atom stereocenters. The number of anilines is 2. The first-order valence-electron chi connectivity index (χ1n) is 6.10. The lowest BCUT2D eigenvalue weighted by molar-refractivity contribution is -0.00000323. The molecule has 4 heteroatoms. The summed E-state index contributed by atoms with van der Waals surface area (Å²) in [5.74, 6) is 1.16. The van der Waals surface area contributed by atoms with Crippen molar-refractivity contribution in [2.24, 2.45) is 4.99 Å². The molecule has 92 valence electrons. The van der Waals surface area contributed by atoms with Gasteiger partial charge in [0.05, 0.1) is 11.4 Å². The van der Waals surface area contributed by atoms with E-state index in [2.05, 4.69) is 46.0 Å². The summed E-state index contributed by atoms with van der Waals surface area (Å²) in [6.07, 6.45) is 2.32. The highest BCUT2D eigenvalue weighted by Gasteiger charge is 2.32. The molecule has 0 bridgehead atoms. The maximum absolute atomic E-state index is 4.67. The van der Waals surface area contributed by atoms with Gasteiger partial charge in [0.2, 0.25) is 5.96 Å². The Balaban J connectivity index is 0.00000108. The Labute approximate surface area is 109 Å². The molecule has 0 radical (unpaired) electrons. The van der Waals surface area contributed by atoms with Crippen LogP contribution in [0, 0.1) is 0 Å². The Bertz CT molecular complexity index is 430. The van der Waals surface area contributed by atoms with E-state index >= 15 is 0 Å². The molecule has 2 heterocycles. The van der Waals surface area contributed by atoms with Gasteiger partial charge < -0.3 is 22.2 Å². The molecule has 0 aliphatic carbocycles. The van der Waals surface area contributed by atoms with E-state index in [4.69, 9.17) is 0 Å². The van der Waals surface area contributed by atoms with Gasteiger partial charge in [0.1, 0.15) is 0 Å². The Morgan fingerprint density at radius 1 is 1.24 bits per heavy atom. The Hall–Kier alpha value is -1.22. The van der Waals surface area contributed by atoms with E-state index in [0.717, 1.165) is 38.4 Å². The predicted molar refractivity (Wildman–Crippen MR) is 68.3 cm³/mol. The zero-order valence-corrected chi connectivity index (χ0v) is 10.8. The van der Waals surface area contributed by atoms with Gasteiger partial charge in [-0.05, 0) is 25.0 Å². The van der Waals surface area contributed by atoms with Crippen LogP contribution in [0.3, 0.4) is 0 Å². The van der Waals surface area contributed by atoms with Crippen molar-refractivity contribution >= 4 is 17.3 Å². The molecule has 17 heavy (non-hydrogen) atoms. The molecular formula is C13H17ClN3-. The van der Waals surface area contributed by atoms with Gasteiger partial charge in [-0.3, -0.25) is 4.99 Å². The number of aliphatic imine (C=N–C) groups is 1. The first-order chi connectivity index (χ1) is 7.92.